The number of primary sulfonamides is 1. The summed E-state index contributed by atoms with van der Waals surface area (Å²) in [5, 5.41) is 5.99. The monoisotopic (exact) mass is 267 g/mol. The highest BCUT2D eigenvalue weighted by Gasteiger charge is 2.03. The Kier molecular flexibility index (Phi) is 5.11. The minimum Gasteiger partial charge on any atom is -0.225 e. The van der Waals surface area contributed by atoms with Gasteiger partial charge < -0.3 is 0 Å². The molecular formula is C14H21NO2S. The molecule has 0 aliphatic heterocycles. The number of nitrogens with two attached hydrogens (primary N) is 1. The van der Waals surface area contributed by atoms with Crippen LogP contribution in [0.3, 0.4) is 0 Å². The van der Waals surface area contributed by atoms with E-state index in [0.29, 0.717) is 5.92 Å². The van der Waals surface area contributed by atoms with Gasteiger partial charge in [-0.05, 0) is 29.4 Å². The molecule has 0 aromatic heterocycles. The number of sulfonamides is 1. The van der Waals surface area contributed by atoms with Crippen molar-refractivity contribution in [3.05, 3.63) is 46.9 Å². The maximum Gasteiger partial charge on any atom is 0.230 e. The van der Waals surface area contributed by atoms with Gasteiger partial charge in [0.05, 0.1) is 0 Å². The van der Waals surface area contributed by atoms with Crippen molar-refractivity contribution in [2.75, 3.05) is 0 Å². The zero-order valence-corrected chi connectivity index (χ0v) is 11.9. The molecule has 4 heteroatoms. The highest BCUT2D eigenvalue weighted by molar-refractivity contribution is 7.92. The molecule has 0 aliphatic rings. The molecule has 1 aromatic carbocycles. The lowest BCUT2D eigenvalue weighted by atomic mass is 9.97. The van der Waals surface area contributed by atoms with Crippen molar-refractivity contribution in [2.45, 2.75) is 33.1 Å². The van der Waals surface area contributed by atoms with Crippen LogP contribution in [-0.4, -0.2) is 8.42 Å². The molecule has 100 valence electrons. The van der Waals surface area contributed by atoms with Crippen molar-refractivity contribution in [3.8, 4) is 0 Å². The molecule has 0 spiro atoms. The summed E-state index contributed by atoms with van der Waals surface area (Å²) in [4.78, 5) is 0. The molecule has 0 saturated carbocycles. The first-order chi connectivity index (χ1) is 8.28. The predicted molar refractivity (Wildman–Crippen MR) is 75.6 cm³/mol. The largest absolute Gasteiger partial charge is 0.230 e. The zero-order chi connectivity index (χ0) is 13.8. The molecule has 1 unspecified atom stereocenters. The summed E-state index contributed by atoms with van der Waals surface area (Å²) in [5.41, 5.74) is 2.51. The van der Waals surface area contributed by atoms with Crippen LogP contribution in [0.4, 0.5) is 0 Å². The predicted octanol–water partition coefficient (Wildman–Crippen LogP) is 2.79. The fourth-order valence-corrected chi connectivity index (χ4v) is 2.21. The number of hydrogen-bond donors (Lipinski definition) is 1. The van der Waals surface area contributed by atoms with Gasteiger partial charge in [0, 0.05) is 5.41 Å². The smallest absolute Gasteiger partial charge is 0.225 e. The molecule has 18 heavy (non-hydrogen) atoms. The Bertz CT molecular complexity index is 501. The second-order valence-electron chi connectivity index (χ2n) is 5.00. The molecule has 1 atom stereocenters. The zero-order valence-electron chi connectivity index (χ0n) is 11.1. The highest BCUT2D eigenvalue weighted by atomic mass is 32.2. The first kappa shape index (κ1) is 14.9. The van der Waals surface area contributed by atoms with Gasteiger partial charge in [0.1, 0.15) is 0 Å². The molecule has 0 amide bonds. The van der Waals surface area contributed by atoms with E-state index in [9.17, 15) is 8.42 Å². The van der Waals surface area contributed by atoms with Gasteiger partial charge in [0.25, 0.3) is 0 Å². The van der Waals surface area contributed by atoms with E-state index in [2.05, 4.69) is 38.1 Å². The van der Waals surface area contributed by atoms with Crippen molar-refractivity contribution >= 4 is 10.0 Å². The van der Waals surface area contributed by atoms with Gasteiger partial charge in [-0.15, -0.1) is 0 Å². The molecule has 2 N–H and O–H groups in total. The van der Waals surface area contributed by atoms with E-state index < -0.39 is 10.0 Å². The van der Waals surface area contributed by atoms with E-state index >= 15 is 0 Å². The average molecular weight is 267 g/mol. The van der Waals surface area contributed by atoms with Gasteiger partial charge >= 0.3 is 0 Å². The summed E-state index contributed by atoms with van der Waals surface area (Å²) in [6.45, 7) is 6.29. The molecule has 3 nitrogen and oxygen atoms in total. The van der Waals surface area contributed by atoms with E-state index in [0.717, 1.165) is 11.8 Å². The third-order valence-electron chi connectivity index (χ3n) is 2.80. The second kappa shape index (κ2) is 6.16. The number of rotatable bonds is 5. The number of benzene rings is 1. The van der Waals surface area contributed by atoms with Crippen LogP contribution in [0.25, 0.3) is 0 Å². The van der Waals surface area contributed by atoms with Gasteiger partial charge in [0.15, 0.2) is 0 Å². The van der Waals surface area contributed by atoms with Gasteiger partial charge in [-0.2, -0.15) is 0 Å². The van der Waals surface area contributed by atoms with Crippen LogP contribution in [0.2, 0.25) is 0 Å². The van der Waals surface area contributed by atoms with Crippen molar-refractivity contribution in [3.63, 3.8) is 0 Å². The van der Waals surface area contributed by atoms with Gasteiger partial charge in [-0.25, -0.2) is 13.6 Å². The third-order valence-corrected chi connectivity index (χ3v) is 3.34. The minimum absolute atomic E-state index is 0.147. The van der Waals surface area contributed by atoms with Crippen LogP contribution in [0, 0.1) is 5.92 Å². The first-order valence-electron chi connectivity index (χ1n) is 6.08. The van der Waals surface area contributed by atoms with E-state index in [1.54, 1.807) is 6.08 Å². The standard InChI is InChI=1S/C14H21NO2S/c1-11(2)14-6-4-13(5-7-14)10-12(3)8-9-18(15,16)17/h4-9,11-12H,10H2,1-3H3,(H2,15,16,17)/b9-8+. The van der Waals surface area contributed by atoms with Crippen LogP contribution in [0.15, 0.2) is 35.7 Å². The summed E-state index contributed by atoms with van der Waals surface area (Å²) in [7, 11) is -3.51. The Morgan fingerprint density at radius 2 is 1.72 bits per heavy atom. The maximum absolute atomic E-state index is 10.8. The molecule has 0 radical (unpaired) electrons. The molecule has 0 fully saturated rings. The molecule has 1 aromatic rings. The summed E-state index contributed by atoms with van der Waals surface area (Å²) in [6, 6.07) is 8.43. The lowest BCUT2D eigenvalue weighted by molar-refractivity contribution is 0.605. The van der Waals surface area contributed by atoms with Crippen LogP contribution in [0.1, 0.15) is 37.8 Å². The van der Waals surface area contributed by atoms with Crippen LogP contribution in [0.5, 0.6) is 0 Å². The van der Waals surface area contributed by atoms with Gasteiger partial charge in [-0.3, -0.25) is 0 Å². The van der Waals surface area contributed by atoms with Crippen LogP contribution < -0.4 is 5.14 Å². The third kappa shape index (κ3) is 5.47. The van der Waals surface area contributed by atoms with Crippen LogP contribution >= 0.6 is 0 Å². The van der Waals surface area contributed by atoms with Gasteiger partial charge in [0.2, 0.25) is 10.0 Å². The normalized spacial score (nSPS) is 14.3. The van der Waals surface area contributed by atoms with Crippen molar-refractivity contribution in [1.29, 1.82) is 0 Å². The van der Waals surface area contributed by atoms with Crippen molar-refractivity contribution in [1.82, 2.24) is 0 Å². The molecule has 1 rings (SSSR count). The fourth-order valence-electron chi connectivity index (χ4n) is 1.72. The van der Waals surface area contributed by atoms with E-state index in [1.807, 2.05) is 6.92 Å². The summed E-state index contributed by atoms with van der Waals surface area (Å²) in [6.07, 6.45) is 2.44. The van der Waals surface area contributed by atoms with Crippen LogP contribution in [-0.2, 0) is 16.4 Å². The highest BCUT2D eigenvalue weighted by Crippen LogP contribution is 2.17. The Labute approximate surface area is 110 Å². The lowest BCUT2D eigenvalue weighted by Crippen LogP contribution is -2.08. The minimum atomic E-state index is -3.51. The SMILES string of the molecule is CC(/C=C/S(N)(=O)=O)Cc1ccc(C(C)C)cc1. The first-order valence-corrected chi connectivity index (χ1v) is 7.68. The Morgan fingerprint density at radius 1 is 1.17 bits per heavy atom. The van der Waals surface area contributed by atoms with Gasteiger partial charge in [-0.1, -0.05) is 51.1 Å². The Morgan fingerprint density at radius 3 is 2.17 bits per heavy atom. The molecule has 0 aliphatic carbocycles. The lowest BCUT2D eigenvalue weighted by Gasteiger charge is -2.09. The molecular weight excluding hydrogens is 246 g/mol. The molecule has 0 bridgehead atoms. The summed E-state index contributed by atoms with van der Waals surface area (Å²) < 4.78 is 21.6. The van der Waals surface area contributed by atoms with Crippen molar-refractivity contribution < 1.29 is 8.42 Å². The molecule has 0 saturated heterocycles. The summed E-state index contributed by atoms with van der Waals surface area (Å²) in [5.74, 6) is 0.673. The van der Waals surface area contributed by atoms with E-state index in [1.165, 1.54) is 11.1 Å². The topological polar surface area (TPSA) is 60.2 Å². The average Bonchev–Trinajstić information content (AvgIpc) is 2.26. The fraction of sp³-hybridized carbons (Fsp3) is 0.429. The maximum atomic E-state index is 10.8. The Hall–Kier alpha value is -1.13. The van der Waals surface area contributed by atoms with E-state index in [4.69, 9.17) is 5.14 Å². The Balaban J connectivity index is 2.65. The van der Waals surface area contributed by atoms with Crippen molar-refractivity contribution in [2.24, 2.45) is 11.1 Å². The number of allylic oxidation sites excluding steroid dienone is 1. The van der Waals surface area contributed by atoms with E-state index in [-0.39, 0.29) is 5.92 Å². The second-order valence-corrected chi connectivity index (χ2v) is 6.45. The molecule has 0 heterocycles. The number of hydrogen-bond acceptors (Lipinski definition) is 2. The summed E-state index contributed by atoms with van der Waals surface area (Å²) >= 11 is 0. The quantitative estimate of drug-likeness (QED) is 0.891.